The van der Waals surface area contributed by atoms with E-state index in [-0.39, 0.29) is 24.4 Å². The van der Waals surface area contributed by atoms with Gasteiger partial charge in [0.25, 0.3) is 0 Å². The third-order valence-corrected chi connectivity index (χ3v) is 7.30. The first-order valence-corrected chi connectivity index (χ1v) is 11.6. The molecular weight excluding hydrogens is 388 g/mol. The van der Waals surface area contributed by atoms with E-state index in [9.17, 15) is 9.90 Å². The number of H-pyrrole nitrogens is 1. The molecule has 164 valence electrons. The number of aliphatic hydroxyl groups excluding tert-OH is 1. The Morgan fingerprint density at radius 2 is 1.52 bits per heavy atom. The maximum atomic E-state index is 12.5. The summed E-state index contributed by atoms with van der Waals surface area (Å²) in [6.07, 6.45) is 4.32. The molecule has 0 aliphatic carbocycles. The highest BCUT2D eigenvalue weighted by Gasteiger charge is 2.31. The second-order valence-corrected chi connectivity index (χ2v) is 8.96. The first kappa shape index (κ1) is 20.5. The number of benzene rings is 2. The Morgan fingerprint density at radius 3 is 2.23 bits per heavy atom. The molecule has 0 amide bonds. The molecule has 2 aliphatic rings. The molecular formula is C25H32N4O2. The third kappa shape index (κ3) is 4.07. The number of rotatable bonds is 5. The van der Waals surface area contributed by atoms with Crippen LogP contribution in [-0.4, -0.2) is 63.3 Å². The van der Waals surface area contributed by atoms with Gasteiger partial charge in [-0.2, -0.15) is 0 Å². The van der Waals surface area contributed by atoms with Crippen LogP contribution in [0.5, 0.6) is 0 Å². The van der Waals surface area contributed by atoms with Crippen molar-refractivity contribution in [1.29, 1.82) is 0 Å². The largest absolute Gasteiger partial charge is 0.394 e. The lowest BCUT2D eigenvalue weighted by Crippen LogP contribution is -2.49. The molecule has 2 aliphatic heterocycles. The number of fused-ring (bicyclic) bond motifs is 1. The summed E-state index contributed by atoms with van der Waals surface area (Å²) in [5, 5.41) is 9.98. The lowest BCUT2D eigenvalue weighted by atomic mass is 9.95. The number of aromatic nitrogens is 2. The predicted molar refractivity (Wildman–Crippen MR) is 123 cm³/mol. The van der Waals surface area contributed by atoms with Gasteiger partial charge in [0.05, 0.1) is 23.7 Å². The number of hydrogen-bond donors (Lipinski definition) is 2. The van der Waals surface area contributed by atoms with E-state index in [0.29, 0.717) is 6.04 Å². The van der Waals surface area contributed by atoms with Crippen molar-refractivity contribution in [2.75, 3.05) is 32.8 Å². The summed E-state index contributed by atoms with van der Waals surface area (Å²) < 4.78 is 1.97. The van der Waals surface area contributed by atoms with Crippen molar-refractivity contribution in [1.82, 2.24) is 19.4 Å². The second kappa shape index (κ2) is 8.99. The summed E-state index contributed by atoms with van der Waals surface area (Å²) in [5.41, 5.74) is 3.17. The van der Waals surface area contributed by atoms with Gasteiger partial charge in [-0.15, -0.1) is 0 Å². The highest BCUT2D eigenvalue weighted by Crippen LogP contribution is 2.30. The molecule has 2 N–H and O–H groups in total. The molecule has 0 unspecified atom stereocenters. The molecule has 0 bridgehead atoms. The van der Waals surface area contributed by atoms with E-state index in [0.717, 1.165) is 62.9 Å². The van der Waals surface area contributed by atoms with E-state index in [2.05, 4.69) is 26.9 Å². The van der Waals surface area contributed by atoms with Crippen molar-refractivity contribution in [2.45, 2.75) is 43.8 Å². The van der Waals surface area contributed by atoms with Gasteiger partial charge in [0.1, 0.15) is 0 Å². The highest BCUT2D eigenvalue weighted by molar-refractivity contribution is 5.75. The molecule has 0 radical (unpaired) electrons. The third-order valence-electron chi connectivity index (χ3n) is 7.30. The Bertz CT molecular complexity index is 1040. The lowest BCUT2D eigenvalue weighted by molar-refractivity contribution is 0.0461. The minimum atomic E-state index is 0.0175. The summed E-state index contributed by atoms with van der Waals surface area (Å²) in [5.74, 6) is 0. The monoisotopic (exact) mass is 420 g/mol. The maximum absolute atomic E-state index is 12.5. The van der Waals surface area contributed by atoms with Crippen LogP contribution in [0.4, 0.5) is 0 Å². The van der Waals surface area contributed by atoms with E-state index in [1.807, 2.05) is 47.0 Å². The van der Waals surface area contributed by atoms with Crippen LogP contribution in [0.3, 0.4) is 0 Å². The van der Waals surface area contributed by atoms with Gasteiger partial charge in [0.2, 0.25) is 0 Å². The molecule has 0 saturated carbocycles. The molecule has 0 spiro atoms. The minimum Gasteiger partial charge on any atom is -0.394 e. The van der Waals surface area contributed by atoms with Crippen molar-refractivity contribution in [3.05, 3.63) is 70.6 Å². The lowest BCUT2D eigenvalue weighted by Gasteiger charge is -2.43. The van der Waals surface area contributed by atoms with Crippen LogP contribution >= 0.6 is 0 Å². The highest BCUT2D eigenvalue weighted by atomic mass is 16.3. The van der Waals surface area contributed by atoms with Crippen LogP contribution in [0.25, 0.3) is 11.0 Å². The summed E-state index contributed by atoms with van der Waals surface area (Å²) in [6, 6.07) is 19.3. The molecule has 5 rings (SSSR count). The number of piperidine rings is 2. The van der Waals surface area contributed by atoms with Crippen molar-refractivity contribution >= 4 is 11.0 Å². The van der Waals surface area contributed by atoms with Gasteiger partial charge < -0.3 is 15.0 Å². The quantitative estimate of drug-likeness (QED) is 0.666. The fourth-order valence-electron chi connectivity index (χ4n) is 5.62. The average molecular weight is 421 g/mol. The predicted octanol–water partition coefficient (Wildman–Crippen LogP) is 3.16. The minimum absolute atomic E-state index is 0.0175. The Balaban J connectivity index is 1.19. The first-order valence-electron chi connectivity index (χ1n) is 11.6. The molecule has 1 atom stereocenters. The zero-order chi connectivity index (χ0) is 21.2. The van der Waals surface area contributed by atoms with Crippen molar-refractivity contribution < 1.29 is 5.11 Å². The van der Waals surface area contributed by atoms with E-state index in [4.69, 9.17) is 0 Å². The summed E-state index contributed by atoms with van der Waals surface area (Å²) >= 11 is 0. The van der Waals surface area contributed by atoms with E-state index < -0.39 is 0 Å². The summed E-state index contributed by atoms with van der Waals surface area (Å²) in [4.78, 5) is 20.6. The molecule has 1 aromatic heterocycles. The number of para-hydroxylation sites is 2. The smallest absolute Gasteiger partial charge is 0.326 e. The molecule has 2 aromatic carbocycles. The molecule has 6 nitrogen and oxygen atoms in total. The van der Waals surface area contributed by atoms with Crippen molar-refractivity contribution in [2.24, 2.45) is 0 Å². The van der Waals surface area contributed by atoms with Crippen molar-refractivity contribution in [3.63, 3.8) is 0 Å². The Labute approximate surface area is 183 Å². The molecule has 31 heavy (non-hydrogen) atoms. The fraction of sp³-hybridized carbons (Fsp3) is 0.480. The maximum Gasteiger partial charge on any atom is 0.326 e. The van der Waals surface area contributed by atoms with Gasteiger partial charge in [0, 0.05) is 38.3 Å². The van der Waals surface area contributed by atoms with Gasteiger partial charge in [-0.25, -0.2) is 4.79 Å². The van der Waals surface area contributed by atoms with Crippen LogP contribution in [-0.2, 0) is 0 Å². The van der Waals surface area contributed by atoms with Gasteiger partial charge in [0.15, 0.2) is 0 Å². The molecule has 3 aromatic rings. The zero-order valence-corrected chi connectivity index (χ0v) is 18.0. The van der Waals surface area contributed by atoms with Crippen LogP contribution in [0, 0.1) is 0 Å². The van der Waals surface area contributed by atoms with Gasteiger partial charge in [-0.1, -0.05) is 42.5 Å². The van der Waals surface area contributed by atoms with E-state index in [1.165, 1.54) is 5.56 Å². The Morgan fingerprint density at radius 1 is 0.871 bits per heavy atom. The second-order valence-electron chi connectivity index (χ2n) is 8.96. The summed E-state index contributed by atoms with van der Waals surface area (Å²) in [7, 11) is 0. The molecule has 6 heteroatoms. The number of imidazole rings is 1. The van der Waals surface area contributed by atoms with Crippen LogP contribution < -0.4 is 5.69 Å². The molecule has 2 fully saturated rings. The Kier molecular flexibility index (Phi) is 5.94. The van der Waals surface area contributed by atoms with Crippen LogP contribution in [0.15, 0.2) is 59.4 Å². The number of hydrogen-bond acceptors (Lipinski definition) is 4. The average Bonchev–Trinajstić information content (AvgIpc) is 3.16. The van der Waals surface area contributed by atoms with Crippen molar-refractivity contribution in [3.8, 4) is 0 Å². The topological polar surface area (TPSA) is 64.5 Å². The van der Waals surface area contributed by atoms with Gasteiger partial charge >= 0.3 is 5.69 Å². The number of aromatic amines is 1. The van der Waals surface area contributed by atoms with Gasteiger partial charge in [-0.05, 0) is 43.4 Å². The zero-order valence-electron chi connectivity index (χ0n) is 18.0. The normalized spacial score (nSPS) is 20.9. The standard InChI is InChI=1S/C25H32N4O2/c30-18-24(19-6-2-1-3-7-19)28-16-10-20(11-17-28)27-14-12-21(13-15-27)29-23-9-5-4-8-22(23)26-25(29)31/h1-9,20-21,24,30H,10-18H2,(H,26,31)/t24-/m0/s1. The number of likely N-dealkylation sites (tertiary alicyclic amines) is 2. The van der Waals surface area contributed by atoms with E-state index >= 15 is 0 Å². The van der Waals surface area contributed by atoms with Crippen LogP contribution in [0.2, 0.25) is 0 Å². The summed E-state index contributed by atoms with van der Waals surface area (Å²) in [6.45, 7) is 4.30. The fourth-order valence-corrected chi connectivity index (χ4v) is 5.62. The number of nitrogens with zero attached hydrogens (tertiary/aromatic N) is 3. The first-order chi connectivity index (χ1) is 15.2. The molecule has 2 saturated heterocycles. The molecule has 3 heterocycles. The number of nitrogens with one attached hydrogen (secondary N) is 1. The SMILES string of the molecule is O=c1[nH]c2ccccc2n1C1CCN(C2CCN([C@@H](CO)c3ccccc3)CC2)CC1. The van der Waals surface area contributed by atoms with E-state index in [1.54, 1.807) is 0 Å². The van der Waals surface area contributed by atoms with Crippen LogP contribution in [0.1, 0.15) is 43.3 Å². The number of aliphatic hydroxyl groups is 1. The Hall–Kier alpha value is -2.41. The van der Waals surface area contributed by atoms with Gasteiger partial charge in [-0.3, -0.25) is 9.47 Å².